The van der Waals surface area contributed by atoms with Gasteiger partial charge in [-0.2, -0.15) is 0 Å². The molecule has 10 rings (SSSR count). The van der Waals surface area contributed by atoms with Crippen LogP contribution in [-0.4, -0.2) is 19.9 Å². The van der Waals surface area contributed by atoms with Gasteiger partial charge in [-0.05, 0) is 75.5 Å². The summed E-state index contributed by atoms with van der Waals surface area (Å²) >= 11 is 0. The maximum atomic E-state index is 5.26. The lowest BCUT2D eigenvalue weighted by Gasteiger charge is -2.14. The van der Waals surface area contributed by atoms with Crippen molar-refractivity contribution in [3.05, 3.63) is 194 Å². The van der Waals surface area contributed by atoms with E-state index in [4.69, 9.17) is 19.9 Å². The molecule has 0 amide bonds. The minimum absolute atomic E-state index is 0.675. The van der Waals surface area contributed by atoms with Gasteiger partial charge in [-0.3, -0.25) is 4.98 Å². The first kappa shape index (κ1) is 31.4. The molecule has 0 N–H and O–H groups in total. The molecule has 7 aromatic carbocycles. The average molecular weight is 689 g/mol. The quantitative estimate of drug-likeness (QED) is 0.163. The molecule has 0 radical (unpaired) electrons. The lowest BCUT2D eigenvalue weighted by molar-refractivity contribution is 1.18. The molecule has 252 valence electrons. The van der Waals surface area contributed by atoms with Gasteiger partial charge in [0.05, 0.1) is 28.1 Å². The van der Waals surface area contributed by atoms with Crippen molar-refractivity contribution >= 4 is 32.6 Å². The lowest BCUT2D eigenvalue weighted by Crippen LogP contribution is -1.97. The summed E-state index contributed by atoms with van der Waals surface area (Å²) < 4.78 is 0. The van der Waals surface area contributed by atoms with Crippen LogP contribution in [0.5, 0.6) is 0 Å². The maximum Gasteiger partial charge on any atom is 0.160 e. The molecule has 0 spiro atoms. The highest BCUT2D eigenvalue weighted by Gasteiger charge is 2.15. The molecule has 0 saturated carbocycles. The summed E-state index contributed by atoms with van der Waals surface area (Å²) in [6, 6.07) is 65.7. The molecule has 10 aromatic rings. The molecular weight excluding hydrogens is 657 g/mol. The van der Waals surface area contributed by atoms with E-state index in [1.54, 1.807) is 0 Å². The Morgan fingerprint density at radius 3 is 1.57 bits per heavy atom. The van der Waals surface area contributed by atoms with Crippen molar-refractivity contribution in [3.63, 3.8) is 0 Å². The van der Waals surface area contributed by atoms with Crippen LogP contribution in [0.3, 0.4) is 0 Å². The van der Waals surface area contributed by atoms with Gasteiger partial charge in [0.25, 0.3) is 0 Å². The first-order valence-corrected chi connectivity index (χ1v) is 18.1. The molecule has 0 fully saturated rings. The molecule has 3 heterocycles. The molecular formula is C50H32N4. The molecule has 4 nitrogen and oxygen atoms in total. The predicted octanol–water partition coefficient (Wildman–Crippen LogP) is 12.7. The molecule has 0 aliphatic heterocycles. The number of aromatic nitrogens is 4. The third-order valence-electron chi connectivity index (χ3n) is 10.1. The molecule has 3 aromatic heterocycles. The second-order valence-corrected chi connectivity index (χ2v) is 13.5. The molecule has 0 saturated heterocycles. The first-order chi connectivity index (χ1) is 26.7. The molecule has 0 unspecified atom stereocenters. The minimum Gasteiger partial charge on any atom is -0.254 e. The molecule has 0 atom stereocenters. The Bertz CT molecular complexity index is 2970. The van der Waals surface area contributed by atoms with Gasteiger partial charge in [0, 0.05) is 39.2 Å². The van der Waals surface area contributed by atoms with Gasteiger partial charge in [-0.1, -0.05) is 146 Å². The number of rotatable bonds is 6. The van der Waals surface area contributed by atoms with Crippen molar-refractivity contribution in [1.82, 2.24) is 19.9 Å². The summed E-state index contributed by atoms with van der Waals surface area (Å²) in [5.41, 5.74) is 12.9. The van der Waals surface area contributed by atoms with E-state index in [9.17, 15) is 0 Å². The van der Waals surface area contributed by atoms with Crippen LogP contribution in [0.2, 0.25) is 0 Å². The van der Waals surface area contributed by atoms with Gasteiger partial charge in [0.1, 0.15) is 0 Å². The second-order valence-electron chi connectivity index (χ2n) is 13.5. The highest BCUT2D eigenvalue weighted by atomic mass is 14.9. The SMILES string of the molecule is c1ccc(-c2ccc(-c3cc(-c4cc(-c5ccc6ccccc6c5)cc(-c5ccc6ccc7cccnc7c6n5)c4)nc(-c4ccccc4)n3)cc2)cc1. The van der Waals surface area contributed by atoms with E-state index in [0.717, 1.165) is 77.8 Å². The number of nitrogens with zero attached hydrogens (tertiary/aromatic N) is 4. The largest absolute Gasteiger partial charge is 0.254 e. The summed E-state index contributed by atoms with van der Waals surface area (Å²) in [5.74, 6) is 0.675. The van der Waals surface area contributed by atoms with Crippen molar-refractivity contribution in [3.8, 4) is 67.4 Å². The van der Waals surface area contributed by atoms with Crippen LogP contribution >= 0.6 is 0 Å². The van der Waals surface area contributed by atoms with E-state index in [2.05, 4.69) is 158 Å². The van der Waals surface area contributed by atoms with Crippen molar-refractivity contribution in [2.75, 3.05) is 0 Å². The van der Waals surface area contributed by atoms with Crippen LogP contribution in [0.15, 0.2) is 194 Å². The van der Waals surface area contributed by atoms with Gasteiger partial charge in [0.15, 0.2) is 5.82 Å². The Balaban J connectivity index is 1.17. The van der Waals surface area contributed by atoms with Crippen molar-refractivity contribution in [2.45, 2.75) is 0 Å². The highest BCUT2D eigenvalue weighted by Crippen LogP contribution is 2.36. The van der Waals surface area contributed by atoms with Crippen LogP contribution in [0.1, 0.15) is 0 Å². The van der Waals surface area contributed by atoms with E-state index in [-0.39, 0.29) is 0 Å². The summed E-state index contributed by atoms with van der Waals surface area (Å²) in [6.45, 7) is 0. The first-order valence-electron chi connectivity index (χ1n) is 18.1. The van der Waals surface area contributed by atoms with Crippen molar-refractivity contribution in [1.29, 1.82) is 0 Å². The van der Waals surface area contributed by atoms with E-state index < -0.39 is 0 Å². The molecule has 0 bridgehead atoms. The van der Waals surface area contributed by atoms with Crippen LogP contribution in [-0.2, 0) is 0 Å². The minimum atomic E-state index is 0.675. The Morgan fingerprint density at radius 1 is 0.259 bits per heavy atom. The number of hydrogen-bond acceptors (Lipinski definition) is 4. The molecule has 0 aliphatic rings. The van der Waals surface area contributed by atoms with Crippen LogP contribution in [0, 0.1) is 0 Å². The third kappa shape index (κ3) is 5.96. The predicted molar refractivity (Wildman–Crippen MR) is 223 cm³/mol. The fourth-order valence-electron chi connectivity index (χ4n) is 7.27. The van der Waals surface area contributed by atoms with E-state index >= 15 is 0 Å². The molecule has 4 heteroatoms. The zero-order valence-corrected chi connectivity index (χ0v) is 29.3. The standard InChI is InChI=1S/C50H32N4/c1-3-10-33(11-4-1)35-17-20-36(21-18-35)46-32-47(54-50(53-46)39-13-5-2-6-14-39)44-30-42(41-24-19-34-12-7-8-15-40(34)28-41)29-43(31-44)45-26-25-38-23-22-37-16-9-27-51-48(37)49(38)52-45/h1-32H. The fourth-order valence-corrected chi connectivity index (χ4v) is 7.27. The monoisotopic (exact) mass is 688 g/mol. The van der Waals surface area contributed by atoms with Gasteiger partial charge in [0.2, 0.25) is 0 Å². The van der Waals surface area contributed by atoms with Gasteiger partial charge in [-0.15, -0.1) is 0 Å². The van der Waals surface area contributed by atoms with Gasteiger partial charge >= 0.3 is 0 Å². The Hall–Kier alpha value is -7.30. The van der Waals surface area contributed by atoms with E-state index in [1.165, 1.54) is 16.3 Å². The van der Waals surface area contributed by atoms with Crippen molar-refractivity contribution in [2.24, 2.45) is 0 Å². The third-order valence-corrected chi connectivity index (χ3v) is 10.1. The summed E-state index contributed by atoms with van der Waals surface area (Å²) in [6.07, 6.45) is 1.83. The Morgan fingerprint density at radius 2 is 0.796 bits per heavy atom. The molecule has 54 heavy (non-hydrogen) atoms. The fraction of sp³-hybridized carbons (Fsp3) is 0. The maximum absolute atomic E-state index is 5.26. The summed E-state index contributed by atoms with van der Waals surface area (Å²) in [5, 5.41) is 4.53. The van der Waals surface area contributed by atoms with Crippen LogP contribution in [0.25, 0.3) is 100.0 Å². The molecule has 0 aliphatic carbocycles. The van der Waals surface area contributed by atoms with Crippen LogP contribution < -0.4 is 0 Å². The number of pyridine rings is 2. The van der Waals surface area contributed by atoms with Gasteiger partial charge in [-0.25, -0.2) is 15.0 Å². The zero-order valence-electron chi connectivity index (χ0n) is 29.3. The topological polar surface area (TPSA) is 51.6 Å². The lowest BCUT2D eigenvalue weighted by atomic mass is 9.94. The summed E-state index contributed by atoms with van der Waals surface area (Å²) in [4.78, 5) is 20.3. The van der Waals surface area contributed by atoms with Crippen LogP contribution in [0.4, 0.5) is 0 Å². The van der Waals surface area contributed by atoms with E-state index in [1.807, 2.05) is 36.5 Å². The Kier molecular flexibility index (Phi) is 7.77. The number of fused-ring (bicyclic) bond motifs is 4. The summed E-state index contributed by atoms with van der Waals surface area (Å²) in [7, 11) is 0. The number of benzene rings is 7. The second kappa shape index (κ2) is 13.4. The van der Waals surface area contributed by atoms with Crippen molar-refractivity contribution < 1.29 is 0 Å². The smallest absolute Gasteiger partial charge is 0.160 e. The average Bonchev–Trinajstić information content (AvgIpc) is 3.26. The number of hydrogen-bond donors (Lipinski definition) is 0. The van der Waals surface area contributed by atoms with E-state index in [0.29, 0.717) is 5.82 Å². The normalized spacial score (nSPS) is 11.3. The Labute approximate surface area is 313 Å². The zero-order chi connectivity index (χ0) is 35.8. The van der Waals surface area contributed by atoms with Gasteiger partial charge < -0.3 is 0 Å². The highest BCUT2D eigenvalue weighted by molar-refractivity contribution is 6.03.